The third kappa shape index (κ3) is 3.91. The maximum absolute atomic E-state index is 12.6. The summed E-state index contributed by atoms with van der Waals surface area (Å²) in [7, 11) is 2.93. The molecule has 1 aliphatic heterocycles. The minimum absolute atomic E-state index is 0.127. The predicted octanol–water partition coefficient (Wildman–Crippen LogP) is 3.26. The van der Waals surface area contributed by atoms with E-state index in [9.17, 15) is 9.59 Å². The Morgan fingerprint density at radius 3 is 2.38 bits per heavy atom. The lowest BCUT2D eigenvalue weighted by atomic mass is 9.98. The van der Waals surface area contributed by atoms with Crippen LogP contribution in [0.2, 0.25) is 0 Å². The Morgan fingerprint density at radius 2 is 1.77 bits per heavy atom. The number of esters is 1. The molecule has 2 aromatic carbocycles. The van der Waals surface area contributed by atoms with Crippen LogP contribution in [0.25, 0.3) is 5.70 Å². The van der Waals surface area contributed by atoms with Crippen LogP contribution < -0.4 is 10.1 Å². The average Bonchev–Trinajstić information content (AvgIpc) is 2.69. The zero-order chi connectivity index (χ0) is 18.5. The number of ether oxygens (including phenoxy) is 2. The third-order valence-corrected chi connectivity index (χ3v) is 5.27. The van der Waals surface area contributed by atoms with E-state index in [1.165, 1.54) is 18.9 Å². The molecule has 2 aromatic rings. The average molecular weight is 369 g/mol. The molecule has 26 heavy (non-hydrogen) atoms. The molecule has 5 nitrogen and oxygen atoms in total. The number of thioether (sulfide) groups is 1. The first-order valence-corrected chi connectivity index (χ1v) is 8.99. The fourth-order valence-corrected chi connectivity index (χ4v) is 3.79. The highest BCUT2D eigenvalue weighted by atomic mass is 32.2. The molecule has 134 valence electrons. The van der Waals surface area contributed by atoms with Crippen molar-refractivity contribution in [2.45, 2.75) is 16.6 Å². The predicted molar refractivity (Wildman–Crippen MR) is 101 cm³/mol. The highest BCUT2D eigenvalue weighted by molar-refractivity contribution is 8.00. The Kier molecular flexibility index (Phi) is 5.63. The highest BCUT2D eigenvalue weighted by Gasteiger charge is 2.33. The minimum atomic E-state index is -0.436. The molecule has 0 spiro atoms. The van der Waals surface area contributed by atoms with Crippen molar-refractivity contribution in [3.05, 3.63) is 65.7 Å². The number of amides is 1. The van der Waals surface area contributed by atoms with Gasteiger partial charge in [0.05, 0.1) is 30.7 Å². The minimum Gasteiger partial charge on any atom is -0.497 e. The molecular weight excluding hydrogens is 350 g/mol. The molecule has 1 unspecified atom stereocenters. The summed E-state index contributed by atoms with van der Waals surface area (Å²) in [6, 6.07) is 16.8. The van der Waals surface area contributed by atoms with Crippen LogP contribution in [0.1, 0.15) is 12.0 Å². The van der Waals surface area contributed by atoms with Crippen molar-refractivity contribution in [3.63, 3.8) is 0 Å². The van der Waals surface area contributed by atoms with Crippen molar-refractivity contribution in [3.8, 4) is 5.75 Å². The standard InChI is InChI=1S/C20H19NO4S/c1-24-14-10-8-13(9-11-14)18-16(20(23)25-2)12-17(19(22)21-18)26-15-6-4-3-5-7-15/h3-11,17H,12H2,1-2H3,(H,21,22). The molecule has 0 radical (unpaired) electrons. The first-order valence-electron chi connectivity index (χ1n) is 8.11. The molecule has 0 saturated carbocycles. The van der Waals surface area contributed by atoms with Crippen molar-refractivity contribution in [1.29, 1.82) is 0 Å². The fourth-order valence-electron chi connectivity index (χ4n) is 2.73. The van der Waals surface area contributed by atoms with E-state index in [4.69, 9.17) is 9.47 Å². The van der Waals surface area contributed by atoms with Crippen molar-refractivity contribution in [1.82, 2.24) is 5.32 Å². The van der Waals surface area contributed by atoms with Gasteiger partial charge in [-0.2, -0.15) is 0 Å². The normalized spacial score (nSPS) is 16.8. The quantitative estimate of drug-likeness (QED) is 0.820. The van der Waals surface area contributed by atoms with Gasteiger partial charge >= 0.3 is 5.97 Å². The molecule has 0 aliphatic carbocycles. The third-order valence-electron chi connectivity index (χ3n) is 4.06. The monoisotopic (exact) mass is 369 g/mol. The summed E-state index contributed by atoms with van der Waals surface area (Å²) in [6.07, 6.45) is 0.305. The van der Waals surface area contributed by atoms with Crippen LogP contribution in [0, 0.1) is 0 Å². The lowest BCUT2D eigenvalue weighted by molar-refractivity contribution is -0.136. The summed E-state index contributed by atoms with van der Waals surface area (Å²) in [6.45, 7) is 0. The maximum atomic E-state index is 12.6. The summed E-state index contributed by atoms with van der Waals surface area (Å²) in [5.41, 5.74) is 1.70. The van der Waals surface area contributed by atoms with Gasteiger partial charge in [0.2, 0.25) is 5.91 Å². The highest BCUT2D eigenvalue weighted by Crippen LogP contribution is 2.34. The molecule has 1 aliphatic rings. The number of rotatable bonds is 5. The van der Waals surface area contributed by atoms with Crippen LogP contribution in [0.3, 0.4) is 0 Å². The Balaban J connectivity index is 1.92. The van der Waals surface area contributed by atoms with Gasteiger partial charge in [0.1, 0.15) is 5.75 Å². The molecule has 0 aromatic heterocycles. The van der Waals surface area contributed by atoms with Crippen molar-refractivity contribution in [2.24, 2.45) is 0 Å². The number of methoxy groups -OCH3 is 2. The first kappa shape index (κ1) is 18.1. The second-order valence-electron chi connectivity index (χ2n) is 5.69. The van der Waals surface area contributed by atoms with Crippen LogP contribution in [0.15, 0.2) is 65.1 Å². The van der Waals surface area contributed by atoms with Crippen LogP contribution in [0.4, 0.5) is 0 Å². The number of carbonyl (C=O) groups is 2. The maximum Gasteiger partial charge on any atom is 0.335 e. The van der Waals surface area contributed by atoms with E-state index in [1.54, 1.807) is 19.2 Å². The van der Waals surface area contributed by atoms with Gasteiger partial charge in [-0.3, -0.25) is 4.79 Å². The summed E-state index contributed by atoms with van der Waals surface area (Å²) in [4.78, 5) is 25.9. The van der Waals surface area contributed by atoms with Gasteiger partial charge < -0.3 is 14.8 Å². The van der Waals surface area contributed by atoms with Crippen LogP contribution in [-0.4, -0.2) is 31.3 Å². The van der Waals surface area contributed by atoms with Gasteiger partial charge in [0.25, 0.3) is 0 Å². The second-order valence-corrected chi connectivity index (χ2v) is 6.96. The summed E-state index contributed by atoms with van der Waals surface area (Å²) < 4.78 is 10.1. The molecule has 6 heteroatoms. The Labute approximate surface area is 156 Å². The van der Waals surface area contributed by atoms with Gasteiger partial charge in [-0.1, -0.05) is 18.2 Å². The van der Waals surface area contributed by atoms with Gasteiger partial charge in [-0.25, -0.2) is 4.79 Å². The molecule has 0 fully saturated rings. The lowest BCUT2D eigenvalue weighted by Crippen LogP contribution is -2.38. The molecule has 0 saturated heterocycles. The SMILES string of the molecule is COC(=O)C1=C(c2ccc(OC)cc2)NC(=O)C(Sc2ccccc2)C1. The lowest BCUT2D eigenvalue weighted by Gasteiger charge is -2.26. The number of hydrogen-bond acceptors (Lipinski definition) is 5. The zero-order valence-corrected chi connectivity index (χ0v) is 15.3. The van der Waals surface area contributed by atoms with Gasteiger partial charge in [-0.15, -0.1) is 11.8 Å². The van der Waals surface area contributed by atoms with Crippen molar-refractivity contribution >= 4 is 29.3 Å². The number of nitrogens with one attached hydrogen (secondary N) is 1. The Bertz CT molecular complexity index is 831. The van der Waals surface area contributed by atoms with E-state index in [1.807, 2.05) is 42.5 Å². The molecule has 1 heterocycles. The number of benzene rings is 2. The topological polar surface area (TPSA) is 64.6 Å². The largest absolute Gasteiger partial charge is 0.497 e. The van der Waals surface area contributed by atoms with E-state index in [0.717, 1.165) is 10.5 Å². The van der Waals surface area contributed by atoms with Gasteiger partial charge in [-0.05, 0) is 42.0 Å². The number of carbonyl (C=O) groups excluding carboxylic acids is 2. The van der Waals surface area contributed by atoms with Crippen LogP contribution >= 0.6 is 11.8 Å². The molecule has 3 rings (SSSR count). The van der Waals surface area contributed by atoms with E-state index in [2.05, 4.69) is 5.32 Å². The van der Waals surface area contributed by atoms with E-state index in [-0.39, 0.29) is 5.91 Å². The summed E-state index contributed by atoms with van der Waals surface area (Å²) in [5, 5.41) is 2.49. The summed E-state index contributed by atoms with van der Waals surface area (Å²) >= 11 is 1.43. The Morgan fingerprint density at radius 1 is 1.08 bits per heavy atom. The number of hydrogen-bond donors (Lipinski definition) is 1. The van der Waals surface area contributed by atoms with Crippen LogP contribution in [0.5, 0.6) is 5.75 Å². The molecule has 0 bridgehead atoms. The van der Waals surface area contributed by atoms with Crippen molar-refractivity contribution < 1.29 is 19.1 Å². The van der Waals surface area contributed by atoms with Crippen molar-refractivity contribution in [2.75, 3.05) is 14.2 Å². The molecule has 1 atom stereocenters. The summed E-state index contributed by atoms with van der Waals surface area (Å²) in [5.74, 6) is 0.139. The van der Waals surface area contributed by atoms with E-state index >= 15 is 0 Å². The van der Waals surface area contributed by atoms with Gasteiger partial charge in [0, 0.05) is 11.3 Å². The zero-order valence-electron chi connectivity index (χ0n) is 14.5. The van der Waals surface area contributed by atoms with E-state index in [0.29, 0.717) is 23.4 Å². The first-order chi connectivity index (χ1) is 12.6. The molecule has 1 amide bonds. The molecular formula is C20H19NO4S. The van der Waals surface area contributed by atoms with E-state index < -0.39 is 11.2 Å². The second kappa shape index (κ2) is 8.10. The van der Waals surface area contributed by atoms with Gasteiger partial charge in [0.15, 0.2) is 0 Å². The fraction of sp³-hybridized carbons (Fsp3) is 0.200. The Hall–Kier alpha value is -2.73. The smallest absolute Gasteiger partial charge is 0.335 e. The van der Waals surface area contributed by atoms with Crippen LogP contribution in [-0.2, 0) is 14.3 Å². The molecule has 1 N–H and O–H groups in total.